The van der Waals surface area contributed by atoms with Crippen LogP contribution in [0.3, 0.4) is 0 Å². The fourth-order valence-corrected chi connectivity index (χ4v) is 2.32. The summed E-state index contributed by atoms with van der Waals surface area (Å²) in [4.78, 5) is 24.1. The molecule has 0 aliphatic rings. The number of ether oxygens (including phenoxy) is 3. The quantitative estimate of drug-likeness (QED) is 0.535. The van der Waals surface area contributed by atoms with Crippen molar-refractivity contribution in [1.29, 1.82) is 0 Å². The highest BCUT2D eigenvalue weighted by atomic mass is 16.5. The molecule has 2 aromatic rings. The molecule has 0 aromatic heterocycles. The van der Waals surface area contributed by atoms with E-state index in [1.165, 1.54) is 20.3 Å². The summed E-state index contributed by atoms with van der Waals surface area (Å²) in [5.41, 5.74) is 4.24. The predicted molar refractivity (Wildman–Crippen MR) is 105 cm³/mol. The SMILES string of the molecule is COc1ccc(C(C)=NNC(=O)CNC(=O)c2ccc(OC)c(OC)c2)cc1. The topological polar surface area (TPSA) is 98.2 Å². The van der Waals surface area contributed by atoms with E-state index in [9.17, 15) is 9.59 Å². The van der Waals surface area contributed by atoms with Crippen LogP contribution in [0, 0.1) is 0 Å². The zero-order valence-electron chi connectivity index (χ0n) is 16.2. The van der Waals surface area contributed by atoms with Gasteiger partial charge in [0.05, 0.1) is 33.6 Å². The van der Waals surface area contributed by atoms with Gasteiger partial charge in [0, 0.05) is 5.56 Å². The summed E-state index contributed by atoms with van der Waals surface area (Å²) in [7, 11) is 4.58. The minimum absolute atomic E-state index is 0.216. The van der Waals surface area contributed by atoms with Crippen LogP contribution in [0.1, 0.15) is 22.8 Å². The average Bonchev–Trinajstić information content (AvgIpc) is 2.75. The molecule has 0 aliphatic carbocycles. The van der Waals surface area contributed by atoms with E-state index in [0.29, 0.717) is 22.8 Å². The van der Waals surface area contributed by atoms with E-state index >= 15 is 0 Å². The van der Waals surface area contributed by atoms with E-state index in [4.69, 9.17) is 14.2 Å². The molecule has 2 rings (SSSR count). The van der Waals surface area contributed by atoms with Crippen molar-refractivity contribution in [3.63, 3.8) is 0 Å². The van der Waals surface area contributed by atoms with Crippen LogP contribution in [0.5, 0.6) is 17.2 Å². The van der Waals surface area contributed by atoms with Crippen LogP contribution >= 0.6 is 0 Å². The number of hydrazone groups is 1. The number of carbonyl (C=O) groups is 2. The van der Waals surface area contributed by atoms with E-state index in [0.717, 1.165) is 11.3 Å². The molecule has 0 atom stereocenters. The Kier molecular flexibility index (Phi) is 7.38. The predicted octanol–water partition coefficient (Wildman–Crippen LogP) is 1.98. The van der Waals surface area contributed by atoms with E-state index < -0.39 is 11.8 Å². The van der Waals surface area contributed by atoms with Crippen molar-refractivity contribution in [3.05, 3.63) is 53.6 Å². The number of hydrogen-bond acceptors (Lipinski definition) is 6. The Balaban J connectivity index is 1.90. The standard InChI is InChI=1S/C20H23N3O5/c1-13(14-5-8-16(26-2)9-6-14)22-23-19(24)12-21-20(25)15-7-10-17(27-3)18(11-15)28-4/h5-11H,12H2,1-4H3,(H,21,25)(H,23,24). The van der Waals surface area contributed by atoms with E-state index in [2.05, 4.69) is 15.8 Å². The Morgan fingerprint density at radius 1 is 0.893 bits per heavy atom. The molecule has 0 radical (unpaired) electrons. The van der Waals surface area contributed by atoms with Crippen molar-refractivity contribution < 1.29 is 23.8 Å². The first-order valence-corrected chi connectivity index (χ1v) is 8.46. The molecule has 0 saturated carbocycles. The van der Waals surface area contributed by atoms with Crippen molar-refractivity contribution in [2.75, 3.05) is 27.9 Å². The fourth-order valence-electron chi connectivity index (χ4n) is 2.32. The second-order valence-corrected chi connectivity index (χ2v) is 5.71. The van der Waals surface area contributed by atoms with Crippen molar-refractivity contribution >= 4 is 17.5 Å². The molecule has 2 amide bonds. The Morgan fingerprint density at radius 2 is 1.54 bits per heavy atom. The number of nitrogens with zero attached hydrogens (tertiary/aromatic N) is 1. The number of carbonyl (C=O) groups excluding carboxylic acids is 2. The molecule has 2 N–H and O–H groups in total. The van der Waals surface area contributed by atoms with Gasteiger partial charge in [0.15, 0.2) is 11.5 Å². The van der Waals surface area contributed by atoms with Gasteiger partial charge in [-0.25, -0.2) is 5.43 Å². The molecule has 2 aromatic carbocycles. The largest absolute Gasteiger partial charge is 0.497 e. The van der Waals surface area contributed by atoms with Crippen LogP contribution in [0.2, 0.25) is 0 Å². The number of nitrogens with one attached hydrogen (secondary N) is 2. The van der Waals surface area contributed by atoms with Crippen LogP contribution in [0.4, 0.5) is 0 Å². The first-order valence-electron chi connectivity index (χ1n) is 8.46. The van der Waals surface area contributed by atoms with Gasteiger partial charge >= 0.3 is 0 Å². The zero-order valence-corrected chi connectivity index (χ0v) is 16.2. The molecule has 0 aliphatic heterocycles. The minimum Gasteiger partial charge on any atom is -0.497 e. The molecular weight excluding hydrogens is 362 g/mol. The lowest BCUT2D eigenvalue weighted by atomic mass is 10.1. The van der Waals surface area contributed by atoms with Gasteiger partial charge in [-0.3, -0.25) is 9.59 Å². The van der Waals surface area contributed by atoms with Gasteiger partial charge in [-0.05, 0) is 55.0 Å². The van der Waals surface area contributed by atoms with E-state index in [-0.39, 0.29) is 6.54 Å². The zero-order chi connectivity index (χ0) is 20.5. The van der Waals surface area contributed by atoms with Crippen LogP contribution < -0.4 is 25.0 Å². The lowest BCUT2D eigenvalue weighted by molar-refractivity contribution is -0.120. The maximum Gasteiger partial charge on any atom is 0.259 e. The van der Waals surface area contributed by atoms with Crippen LogP contribution in [-0.4, -0.2) is 45.4 Å². The van der Waals surface area contributed by atoms with Gasteiger partial charge in [-0.1, -0.05) is 0 Å². The molecule has 0 spiro atoms. The molecule has 28 heavy (non-hydrogen) atoms. The van der Waals surface area contributed by atoms with E-state index in [1.54, 1.807) is 38.3 Å². The first kappa shape index (κ1) is 20.8. The summed E-state index contributed by atoms with van der Waals surface area (Å²) in [5.74, 6) is 0.826. The minimum atomic E-state index is -0.443. The van der Waals surface area contributed by atoms with Crippen molar-refractivity contribution in [1.82, 2.24) is 10.7 Å². The van der Waals surface area contributed by atoms with Gasteiger partial charge in [0.2, 0.25) is 0 Å². The highest BCUT2D eigenvalue weighted by Gasteiger charge is 2.12. The van der Waals surface area contributed by atoms with Gasteiger partial charge in [0.25, 0.3) is 11.8 Å². The van der Waals surface area contributed by atoms with Crippen molar-refractivity contribution in [2.45, 2.75) is 6.92 Å². The Bertz CT molecular complexity index is 863. The smallest absolute Gasteiger partial charge is 0.259 e. The molecule has 148 valence electrons. The molecule has 0 saturated heterocycles. The molecule has 0 fully saturated rings. The molecule has 0 unspecified atom stereocenters. The Labute approximate surface area is 163 Å². The van der Waals surface area contributed by atoms with Crippen molar-refractivity contribution in [3.8, 4) is 17.2 Å². The average molecular weight is 385 g/mol. The third-order valence-corrected chi connectivity index (χ3v) is 3.91. The lowest BCUT2D eigenvalue weighted by Crippen LogP contribution is -2.35. The summed E-state index contributed by atoms with van der Waals surface area (Å²) >= 11 is 0. The molecule has 0 heterocycles. The number of benzene rings is 2. The van der Waals surface area contributed by atoms with Gasteiger partial charge in [0.1, 0.15) is 5.75 Å². The second kappa shape index (κ2) is 9.96. The molecule has 8 nitrogen and oxygen atoms in total. The summed E-state index contributed by atoms with van der Waals surface area (Å²) in [6.45, 7) is 1.55. The Morgan fingerprint density at radius 3 is 2.14 bits per heavy atom. The first-order chi connectivity index (χ1) is 13.5. The number of methoxy groups -OCH3 is 3. The molecule has 0 bridgehead atoms. The summed E-state index contributed by atoms with van der Waals surface area (Å²) in [5, 5.41) is 6.57. The maximum absolute atomic E-state index is 12.2. The van der Waals surface area contributed by atoms with Gasteiger partial charge in [-0.2, -0.15) is 5.10 Å². The Hall–Kier alpha value is -3.55. The highest BCUT2D eigenvalue weighted by molar-refractivity contribution is 6.00. The normalized spacial score (nSPS) is 10.8. The summed E-state index contributed by atoms with van der Waals surface area (Å²) < 4.78 is 15.4. The fraction of sp³-hybridized carbons (Fsp3) is 0.250. The number of rotatable bonds is 8. The van der Waals surface area contributed by atoms with Crippen LogP contribution in [0.15, 0.2) is 47.6 Å². The third-order valence-electron chi connectivity index (χ3n) is 3.91. The highest BCUT2D eigenvalue weighted by Crippen LogP contribution is 2.27. The summed E-state index contributed by atoms with van der Waals surface area (Å²) in [6, 6.07) is 12.0. The molecule has 8 heteroatoms. The van der Waals surface area contributed by atoms with Crippen LogP contribution in [-0.2, 0) is 4.79 Å². The molecular formula is C20H23N3O5. The number of amides is 2. The van der Waals surface area contributed by atoms with E-state index in [1.807, 2.05) is 12.1 Å². The van der Waals surface area contributed by atoms with Gasteiger partial charge in [-0.15, -0.1) is 0 Å². The lowest BCUT2D eigenvalue weighted by Gasteiger charge is -2.10. The van der Waals surface area contributed by atoms with Crippen molar-refractivity contribution in [2.24, 2.45) is 5.10 Å². The monoisotopic (exact) mass is 385 g/mol. The second-order valence-electron chi connectivity index (χ2n) is 5.71. The number of hydrogen-bond donors (Lipinski definition) is 2. The van der Waals surface area contributed by atoms with Gasteiger partial charge < -0.3 is 19.5 Å². The maximum atomic E-state index is 12.2. The summed E-state index contributed by atoms with van der Waals surface area (Å²) in [6.07, 6.45) is 0. The third kappa shape index (κ3) is 5.47. The van der Waals surface area contributed by atoms with Crippen LogP contribution in [0.25, 0.3) is 0 Å².